The zero-order valence-electron chi connectivity index (χ0n) is 11.6. The summed E-state index contributed by atoms with van der Waals surface area (Å²) in [5.41, 5.74) is 0.333. The van der Waals surface area contributed by atoms with Gasteiger partial charge >= 0.3 is 0 Å². The average molecular weight is 262 g/mol. The first-order chi connectivity index (χ1) is 8.94. The molecule has 2 N–H and O–H groups in total. The number of anilines is 1. The smallest absolute Gasteiger partial charge is 0.254 e. The summed E-state index contributed by atoms with van der Waals surface area (Å²) in [6.45, 7) is 6.14. The Kier molecular flexibility index (Phi) is 3.37. The summed E-state index contributed by atoms with van der Waals surface area (Å²) in [4.78, 5) is 20.1. The summed E-state index contributed by atoms with van der Waals surface area (Å²) < 4.78 is 1.62. The monoisotopic (exact) mass is 262 g/mol. The first-order valence-electron chi connectivity index (χ1n) is 6.07. The Hall–Kier alpha value is -2.18. The molecule has 0 unspecified atom stereocenters. The van der Waals surface area contributed by atoms with Crippen LogP contribution in [0.25, 0.3) is 5.78 Å². The van der Waals surface area contributed by atoms with Gasteiger partial charge in [0, 0.05) is 25.4 Å². The van der Waals surface area contributed by atoms with Gasteiger partial charge in [0.1, 0.15) is 12.1 Å². The van der Waals surface area contributed by atoms with Crippen LogP contribution in [0, 0.1) is 12.3 Å². The number of aromatic nitrogens is 4. The summed E-state index contributed by atoms with van der Waals surface area (Å²) >= 11 is 0. The molecule has 0 aliphatic heterocycles. The van der Waals surface area contributed by atoms with Gasteiger partial charge in [0.05, 0.1) is 5.41 Å². The van der Waals surface area contributed by atoms with Crippen molar-refractivity contribution in [3.8, 4) is 0 Å². The van der Waals surface area contributed by atoms with E-state index in [0.29, 0.717) is 12.3 Å². The van der Waals surface area contributed by atoms with Crippen molar-refractivity contribution in [3.63, 3.8) is 0 Å². The highest BCUT2D eigenvalue weighted by Gasteiger charge is 2.26. The fourth-order valence-electron chi connectivity index (χ4n) is 1.79. The Morgan fingerprint density at radius 1 is 1.47 bits per heavy atom. The summed E-state index contributed by atoms with van der Waals surface area (Å²) in [6.07, 6.45) is 1.46. The second-order valence-corrected chi connectivity index (χ2v) is 5.07. The number of hydrogen-bond acceptors (Lipinski definition) is 5. The molecule has 19 heavy (non-hydrogen) atoms. The van der Waals surface area contributed by atoms with Crippen molar-refractivity contribution < 1.29 is 4.79 Å². The molecule has 2 aromatic heterocycles. The third kappa shape index (κ3) is 2.64. The van der Waals surface area contributed by atoms with Crippen LogP contribution in [0.1, 0.15) is 19.5 Å². The summed E-state index contributed by atoms with van der Waals surface area (Å²) in [5.74, 6) is 1.30. The molecule has 0 radical (unpaired) electrons. The molecule has 0 saturated heterocycles. The summed E-state index contributed by atoms with van der Waals surface area (Å²) in [6, 6.07) is 1.88. The van der Waals surface area contributed by atoms with E-state index in [4.69, 9.17) is 0 Å². The van der Waals surface area contributed by atoms with Gasteiger partial charge in [-0.2, -0.15) is 14.6 Å². The van der Waals surface area contributed by atoms with Crippen molar-refractivity contribution in [3.05, 3.63) is 18.1 Å². The van der Waals surface area contributed by atoms with Gasteiger partial charge in [-0.05, 0) is 20.8 Å². The normalized spacial score (nSPS) is 11.6. The Bertz CT molecular complexity index is 603. The summed E-state index contributed by atoms with van der Waals surface area (Å²) in [7, 11) is 1.64. The third-order valence-electron chi connectivity index (χ3n) is 2.93. The highest BCUT2D eigenvalue weighted by molar-refractivity contribution is 5.82. The molecular weight excluding hydrogens is 244 g/mol. The highest BCUT2D eigenvalue weighted by atomic mass is 16.2. The number of fused-ring (bicyclic) bond motifs is 1. The quantitative estimate of drug-likeness (QED) is 0.843. The second-order valence-electron chi connectivity index (χ2n) is 5.07. The standard InChI is InChI=1S/C12H18N6O/c1-8-5-9(18-11(17-8)15-7-16-18)14-6-12(2,3)10(19)13-4/h5,7,14H,6H2,1-4H3,(H,13,19). The minimum absolute atomic E-state index is 0.0133. The minimum atomic E-state index is -0.515. The fraction of sp³-hybridized carbons (Fsp3) is 0.500. The first kappa shape index (κ1) is 13.3. The van der Waals surface area contributed by atoms with Crippen LogP contribution in [-0.4, -0.2) is 39.1 Å². The molecular formula is C12H18N6O. The molecule has 0 fully saturated rings. The molecule has 7 heteroatoms. The van der Waals surface area contributed by atoms with Gasteiger partial charge in [-0.15, -0.1) is 0 Å². The van der Waals surface area contributed by atoms with Crippen molar-refractivity contribution in [1.29, 1.82) is 0 Å². The predicted molar refractivity (Wildman–Crippen MR) is 71.9 cm³/mol. The van der Waals surface area contributed by atoms with Crippen molar-refractivity contribution >= 4 is 17.5 Å². The molecule has 0 atom stereocenters. The topological polar surface area (TPSA) is 84.2 Å². The van der Waals surface area contributed by atoms with Gasteiger partial charge in [0.15, 0.2) is 0 Å². The molecule has 0 aliphatic rings. The Labute approximate surface area is 111 Å². The van der Waals surface area contributed by atoms with E-state index in [1.165, 1.54) is 6.33 Å². The predicted octanol–water partition coefficient (Wildman–Crippen LogP) is 0.617. The average Bonchev–Trinajstić information content (AvgIpc) is 2.82. The Morgan fingerprint density at radius 3 is 2.89 bits per heavy atom. The number of rotatable bonds is 4. The molecule has 0 bridgehead atoms. The van der Waals surface area contributed by atoms with E-state index >= 15 is 0 Å². The number of carbonyl (C=O) groups is 1. The maximum absolute atomic E-state index is 11.7. The second kappa shape index (κ2) is 4.83. The van der Waals surface area contributed by atoms with E-state index in [1.54, 1.807) is 11.6 Å². The molecule has 0 aliphatic carbocycles. The maximum Gasteiger partial charge on any atom is 0.254 e. The molecule has 1 amide bonds. The lowest BCUT2D eigenvalue weighted by Crippen LogP contribution is -2.39. The van der Waals surface area contributed by atoms with Crippen molar-refractivity contribution in [2.45, 2.75) is 20.8 Å². The van der Waals surface area contributed by atoms with Crippen molar-refractivity contribution in [2.75, 3.05) is 18.9 Å². The minimum Gasteiger partial charge on any atom is -0.369 e. The Morgan fingerprint density at radius 2 is 2.21 bits per heavy atom. The van der Waals surface area contributed by atoms with Gasteiger partial charge in [0.2, 0.25) is 5.91 Å². The van der Waals surface area contributed by atoms with Crippen LogP contribution in [-0.2, 0) is 4.79 Å². The number of carbonyl (C=O) groups excluding carboxylic acids is 1. The van der Waals surface area contributed by atoms with E-state index in [0.717, 1.165) is 11.5 Å². The van der Waals surface area contributed by atoms with Gasteiger partial charge in [-0.3, -0.25) is 4.79 Å². The van der Waals surface area contributed by atoms with Crippen LogP contribution in [0.15, 0.2) is 12.4 Å². The number of nitrogens with one attached hydrogen (secondary N) is 2. The van der Waals surface area contributed by atoms with E-state index in [9.17, 15) is 4.79 Å². The number of hydrogen-bond donors (Lipinski definition) is 2. The number of amides is 1. The van der Waals surface area contributed by atoms with E-state index < -0.39 is 5.41 Å². The van der Waals surface area contributed by atoms with Gasteiger partial charge in [0.25, 0.3) is 5.78 Å². The van der Waals surface area contributed by atoms with E-state index in [-0.39, 0.29) is 5.91 Å². The first-order valence-corrected chi connectivity index (χ1v) is 6.07. The molecule has 2 rings (SSSR count). The third-order valence-corrected chi connectivity index (χ3v) is 2.93. The molecule has 0 spiro atoms. The zero-order chi connectivity index (χ0) is 14.0. The lowest BCUT2D eigenvalue weighted by Gasteiger charge is -2.23. The van der Waals surface area contributed by atoms with Crippen LogP contribution in [0.5, 0.6) is 0 Å². The van der Waals surface area contributed by atoms with Crippen molar-refractivity contribution in [1.82, 2.24) is 24.9 Å². The van der Waals surface area contributed by atoms with Crippen LogP contribution in [0.3, 0.4) is 0 Å². The SMILES string of the molecule is CNC(=O)C(C)(C)CNc1cc(C)nc2ncnn12. The lowest BCUT2D eigenvalue weighted by molar-refractivity contribution is -0.128. The molecule has 102 valence electrons. The van der Waals surface area contributed by atoms with Crippen LogP contribution in [0.2, 0.25) is 0 Å². The lowest BCUT2D eigenvalue weighted by atomic mass is 9.92. The zero-order valence-corrected chi connectivity index (χ0v) is 11.6. The number of nitrogens with zero attached hydrogens (tertiary/aromatic N) is 4. The molecule has 7 nitrogen and oxygen atoms in total. The maximum atomic E-state index is 11.7. The number of aryl methyl sites for hydroxylation is 1. The van der Waals surface area contributed by atoms with E-state index in [2.05, 4.69) is 25.7 Å². The van der Waals surface area contributed by atoms with Gasteiger partial charge in [-0.1, -0.05) is 0 Å². The Balaban J connectivity index is 2.22. The molecule has 0 saturated carbocycles. The summed E-state index contributed by atoms with van der Waals surface area (Å²) in [5, 5.41) is 9.99. The van der Waals surface area contributed by atoms with Gasteiger partial charge < -0.3 is 10.6 Å². The fourth-order valence-corrected chi connectivity index (χ4v) is 1.79. The molecule has 2 heterocycles. The van der Waals surface area contributed by atoms with Crippen LogP contribution < -0.4 is 10.6 Å². The largest absolute Gasteiger partial charge is 0.369 e. The highest BCUT2D eigenvalue weighted by Crippen LogP contribution is 2.17. The van der Waals surface area contributed by atoms with Gasteiger partial charge in [-0.25, -0.2) is 4.98 Å². The van der Waals surface area contributed by atoms with Crippen molar-refractivity contribution in [2.24, 2.45) is 5.41 Å². The van der Waals surface area contributed by atoms with E-state index in [1.807, 2.05) is 26.8 Å². The van der Waals surface area contributed by atoms with Crippen LogP contribution in [0.4, 0.5) is 5.82 Å². The molecule has 2 aromatic rings. The van der Waals surface area contributed by atoms with Crippen LogP contribution >= 0.6 is 0 Å². The molecule has 0 aromatic carbocycles.